The van der Waals surface area contributed by atoms with Crippen LogP contribution in [0.3, 0.4) is 0 Å². The number of benzene rings is 3. The summed E-state index contributed by atoms with van der Waals surface area (Å²) in [6, 6.07) is 22.0. The summed E-state index contributed by atoms with van der Waals surface area (Å²) in [5, 5.41) is 2.95. The van der Waals surface area contributed by atoms with Crippen LogP contribution >= 0.6 is 0 Å². The molecule has 0 heterocycles. The second-order valence-electron chi connectivity index (χ2n) is 10.0. The Bertz CT molecular complexity index is 1390. The lowest BCUT2D eigenvalue weighted by molar-refractivity contribution is -0.139. The van der Waals surface area contributed by atoms with Gasteiger partial charge < -0.3 is 15.0 Å². The zero-order valence-corrected chi connectivity index (χ0v) is 25.4. The van der Waals surface area contributed by atoms with Gasteiger partial charge in [0.05, 0.1) is 17.2 Å². The number of aryl methyl sites for hydroxylation is 1. The van der Waals surface area contributed by atoms with Crippen molar-refractivity contribution in [2.45, 2.75) is 64.4 Å². The Morgan fingerprint density at radius 2 is 1.54 bits per heavy atom. The second kappa shape index (κ2) is 14.7. The van der Waals surface area contributed by atoms with Crippen LogP contribution in [0.1, 0.15) is 45.2 Å². The molecule has 0 saturated carbocycles. The van der Waals surface area contributed by atoms with E-state index >= 15 is 0 Å². The van der Waals surface area contributed by atoms with Crippen LogP contribution in [-0.4, -0.2) is 56.9 Å². The van der Waals surface area contributed by atoms with Gasteiger partial charge in [0.2, 0.25) is 11.8 Å². The molecule has 0 radical (unpaired) electrons. The molecule has 0 saturated heterocycles. The van der Waals surface area contributed by atoms with Gasteiger partial charge in [-0.3, -0.25) is 13.9 Å². The smallest absolute Gasteiger partial charge is 0.264 e. The SMILES string of the molecule is CCOc1ccccc1N(CC(=O)N(CCc1ccccc1)[C@H](C)C(=O)N[C@@H](C)CC)S(=O)(=O)c1ccc(C)cc1. The number of ether oxygens (including phenoxy) is 1. The second-order valence-corrected chi connectivity index (χ2v) is 11.9. The van der Waals surface area contributed by atoms with E-state index in [9.17, 15) is 18.0 Å². The molecule has 2 amide bonds. The fourth-order valence-corrected chi connectivity index (χ4v) is 5.75. The Labute approximate surface area is 244 Å². The van der Waals surface area contributed by atoms with Crippen LogP contribution in [-0.2, 0) is 26.0 Å². The first-order chi connectivity index (χ1) is 19.6. The minimum absolute atomic E-state index is 0.0561. The standard InChI is InChI=1S/C32H41N3O5S/c1-6-25(4)33-32(37)26(5)34(22-21-27-13-9-8-10-14-27)31(36)23-35(29-15-11-12-16-30(29)40-7-2)41(38,39)28-19-17-24(3)18-20-28/h8-20,25-26H,6-7,21-23H2,1-5H3,(H,33,37)/t25-,26+/m0/s1. The molecule has 2 atom stereocenters. The largest absolute Gasteiger partial charge is 0.492 e. The van der Waals surface area contributed by atoms with E-state index < -0.39 is 28.5 Å². The van der Waals surface area contributed by atoms with Gasteiger partial charge in [0, 0.05) is 12.6 Å². The van der Waals surface area contributed by atoms with Gasteiger partial charge in [-0.25, -0.2) is 8.42 Å². The lowest BCUT2D eigenvalue weighted by Gasteiger charge is -2.33. The fraction of sp³-hybridized carbons (Fsp3) is 0.375. The Morgan fingerprint density at radius 1 is 0.902 bits per heavy atom. The van der Waals surface area contributed by atoms with E-state index in [0.717, 1.165) is 21.9 Å². The fourth-order valence-electron chi connectivity index (χ4n) is 4.33. The average Bonchev–Trinajstić information content (AvgIpc) is 2.97. The highest BCUT2D eigenvalue weighted by atomic mass is 32.2. The first-order valence-corrected chi connectivity index (χ1v) is 15.5. The third kappa shape index (κ3) is 8.33. The topological polar surface area (TPSA) is 96.0 Å². The highest BCUT2D eigenvalue weighted by Crippen LogP contribution is 2.33. The van der Waals surface area contributed by atoms with Gasteiger partial charge in [-0.15, -0.1) is 0 Å². The van der Waals surface area contributed by atoms with Crippen molar-refractivity contribution in [1.82, 2.24) is 10.2 Å². The van der Waals surface area contributed by atoms with Crippen LogP contribution in [0.2, 0.25) is 0 Å². The van der Waals surface area contributed by atoms with Crippen molar-refractivity contribution in [3.05, 3.63) is 90.0 Å². The molecule has 0 aliphatic carbocycles. The monoisotopic (exact) mass is 579 g/mol. The third-order valence-corrected chi connectivity index (χ3v) is 8.75. The van der Waals surface area contributed by atoms with Crippen LogP contribution in [0, 0.1) is 6.92 Å². The number of carbonyl (C=O) groups is 2. The molecule has 0 aliphatic rings. The van der Waals surface area contributed by atoms with E-state index in [-0.39, 0.29) is 29.1 Å². The van der Waals surface area contributed by atoms with Crippen molar-refractivity contribution in [3.63, 3.8) is 0 Å². The maximum atomic E-state index is 14.0. The molecule has 9 heteroatoms. The normalized spacial score (nSPS) is 12.7. The third-order valence-electron chi connectivity index (χ3n) is 6.97. The van der Waals surface area contributed by atoms with E-state index in [1.807, 2.05) is 58.0 Å². The predicted molar refractivity (Wildman–Crippen MR) is 163 cm³/mol. The van der Waals surface area contributed by atoms with Crippen LogP contribution in [0.25, 0.3) is 0 Å². The molecule has 0 spiro atoms. The lowest BCUT2D eigenvalue weighted by Crippen LogP contribution is -2.53. The summed E-state index contributed by atoms with van der Waals surface area (Å²) >= 11 is 0. The Hall–Kier alpha value is -3.85. The van der Waals surface area contributed by atoms with Crippen LogP contribution in [0.4, 0.5) is 5.69 Å². The summed E-state index contributed by atoms with van der Waals surface area (Å²) in [7, 11) is -4.17. The summed E-state index contributed by atoms with van der Waals surface area (Å²) in [5.41, 5.74) is 2.17. The number of para-hydroxylation sites is 2. The number of anilines is 1. The van der Waals surface area contributed by atoms with Gasteiger partial charge >= 0.3 is 0 Å². The van der Waals surface area contributed by atoms with E-state index in [4.69, 9.17) is 4.74 Å². The van der Waals surface area contributed by atoms with Crippen molar-refractivity contribution >= 4 is 27.5 Å². The molecule has 3 aromatic rings. The van der Waals surface area contributed by atoms with Crippen molar-refractivity contribution in [3.8, 4) is 5.75 Å². The van der Waals surface area contributed by atoms with Crippen LogP contribution in [0.15, 0.2) is 83.8 Å². The number of amides is 2. The maximum absolute atomic E-state index is 14.0. The van der Waals surface area contributed by atoms with E-state index in [0.29, 0.717) is 18.8 Å². The summed E-state index contributed by atoms with van der Waals surface area (Å²) < 4.78 is 34.9. The van der Waals surface area contributed by atoms with Crippen molar-refractivity contribution in [1.29, 1.82) is 0 Å². The van der Waals surface area contributed by atoms with Crippen molar-refractivity contribution in [2.24, 2.45) is 0 Å². The van der Waals surface area contributed by atoms with Gasteiger partial charge in [-0.2, -0.15) is 0 Å². The molecule has 0 fully saturated rings. The minimum Gasteiger partial charge on any atom is -0.492 e. The molecular weight excluding hydrogens is 538 g/mol. The number of nitrogens with one attached hydrogen (secondary N) is 1. The van der Waals surface area contributed by atoms with Gasteiger partial charge in [0.25, 0.3) is 10.0 Å². The predicted octanol–water partition coefficient (Wildman–Crippen LogP) is 4.96. The Morgan fingerprint density at radius 3 is 2.17 bits per heavy atom. The zero-order chi connectivity index (χ0) is 30.0. The molecular formula is C32H41N3O5S. The summed E-state index contributed by atoms with van der Waals surface area (Å²) in [4.78, 5) is 28.7. The van der Waals surface area contributed by atoms with Gasteiger partial charge in [-0.05, 0) is 70.4 Å². The molecule has 3 aromatic carbocycles. The summed E-state index contributed by atoms with van der Waals surface area (Å²) in [6.45, 7) is 9.29. The Balaban J connectivity index is 2.02. The summed E-state index contributed by atoms with van der Waals surface area (Å²) in [5.74, 6) is -0.435. The molecule has 0 aromatic heterocycles. The number of hydrogen-bond acceptors (Lipinski definition) is 5. The number of hydrogen-bond donors (Lipinski definition) is 1. The number of rotatable bonds is 14. The molecule has 0 unspecified atom stereocenters. The number of nitrogens with zero attached hydrogens (tertiary/aromatic N) is 2. The van der Waals surface area contributed by atoms with E-state index in [2.05, 4.69) is 5.32 Å². The van der Waals surface area contributed by atoms with Gasteiger partial charge in [0.15, 0.2) is 0 Å². The number of sulfonamides is 1. The van der Waals surface area contributed by atoms with Crippen LogP contribution < -0.4 is 14.4 Å². The van der Waals surface area contributed by atoms with E-state index in [1.54, 1.807) is 43.3 Å². The number of carbonyl (C=O) groups excluding carboxylic acids is 2. The lowest BCUT2D eigenvalue weighted by atomic mass is 10.1. The average molecular weight is 580 g/mol. The molecule has 0 bridgehead atoms. The molecule has 41 heavy (non-hydrogen) atoms. The molecule has 1 N–H and O–H groups in total. The zero-order valence-electron chi connectivity index (χ0n) is 24.5. The Kier molecular flexibility index (Phi) is 11.3. The first kappa shape index (κ1) is 31.7. The molecule has 220 valence electrons. The first-order valence-electron chi connectivity index (χ1n) is 14.0. The quantitative estimate of drug-likeness (QED) is 0.291. The van der Waals surface area contributed by atoms with Crippen molar-refractivity contribution < 1.29 is 22.7 Å². The summed E-state index contributed by atoms with van der Waals surface area (Å²) in [6.07, 6.45) is 1.25. The molecule has 8 nitrogen and oxygen atoms in total. The van der Waals surface area contributed by atoms with E-state index in [1.165, 1.54) is 17.0 Å². The highest BCUT2D eigenvalue weighted by molar-refractivity contribution is 7.92. The highest BCUT2D eigenvalue weighted by Gasteiger charge is 2.33. The van der Waals surface area contributed by atoms with Crippen LogP contribution in [0.5, 0.6) is 5.75 Å². The minimum atomic E-state index is -4.17. The maximum Gasteiger partial charge on any atom is 0.264 e. The molecule has 0 aliphatic heterocycles. The van der Waals surface area contributed by atoms with Crippen molar-refractivity contribution in [2.75, 3.05) is 24.0 Å². The van der Waals surface area contributed by atoms with Gasteiger partial charge in [0.1, 0.15) is 18.3 Å². The van der Waals surface area contributed by atoms with Gasteiger partial charge in [-0.1, -0.05) is 67.1 Å². The molecule has 3 rings (SSSR count).